The van der Waals surface area contributed by atoms with E-state index in [4.69, 9.17) is 0 Å². The summed E-state index contributed by atoms with van der Waals surface area (Å²) in [4.78, 5) is 4.75. The third-order valence-electron chi connectivity index (χ3n) is 10.6. The second kappa shape index (κ2) is 12.7. The van der Waals surface area contributed by atoms with Crippen molar-refractivity contribution in [2.75, 3.05) is 9.80 Å². The van der Waals surface area contributed by atoms with Gasteiger partial charge >= 0.3 is 0 Å². The fourth-order valence-electron chi connectivity index (χ4n) is 7.75. The van der Waals surface area contributed by atoms with Gasteiger partial charge in [0.1, 0.15) is 8.07 Å². The molecule has 0 unspecified atom stereocenters. The van der Waals surface area contributed by atoms with Gasteiger partial charge in [-0.2, -0.15) is 0 Å². The van der Waals surface area contributed by atoms with Crippen LogP contribution in [0.4, 0.5) is 34.1 Å². The van der Waals surface area contributed by atoms with Crippen molar-refractivity contribution in [1.82, 2.24) is 0 Å². The quantitative estimate of drug-likeness (QED) is 0.149. The first-order chi connectivity index (χ1) is 24.3. The van der Waals surface area contributed by atoms with Gasteiger partial charge in [0.25, 0.3) is 0 Å². The van der Waals surface area contributed by atoms with Crippen molar-refractivity contribution in [2.24, 2.45) is 0 Å². The highest BCUT2D eigenvalue weighted by atomic mass is 28.3. The number of benzene rings is 7. The maximum Gasteiger partial charge on any atom is 0.113 e. The van der Waals surface area contributed by atoms with Gasteiger partial charge in [0.15, 0.2) is 0 Å². The molecule has 0 spiro atoms. The molecular weight excluding hydrogens is 621 g/mol. The van der Waals surface area contributed by atoms with Crippen molar-refractivity contribution in [3.63, 3.8) is 0 Å². The zero-order chi connectivity index (χ0) is 34.3. The van der Waals surface area contributed by atoms with Crippen LogP contribution in [0, 0.1) is 0 Å². The molecule has 0 radical (unpaired) electrons. The van der Waals surface area contributed by atoms with Gasteiger partial charge in [0, 0.05) is 39.4 Å². The maximum atomic E-state index is 2.48. The Morgan fingerprint density at radius 3 is 1.30 bits per heavy atom. The Kier molecular flexibility index (Phi) is 8.01. The van der Waals surface area contributed by atoms with Crippen LogP contribution in [0.15, 0.2) is 182 Å². The molecule has 7 aromatic rings. The number of fused-ring (bicyclic) bond motifs is 3. The summed E-state index contributed by atoms with van der Waals surface area (Å²) in [6.07, 6.45) is 0. The van der Waals surface area contributed by atoms with Gasteiger partial charge in [-0.15, -0.1) is 0 Å². The van der Waals surface area contributed by atoms with Crippen molar-refractivity contribution in [3.8, 4) is 11.1 Å². The molecule has 1 heterocycles. The summed E-state index contributed by atoms with van der Waals surface area (Å²) < 4.78 is 0. The Hall–Kier alpha value is -5.64. The van der Waals surface area contributed by atoms with E-state index in [-0.39, 0.29) is 5.41 Å². The molecule has 2 nitrogen and oxygen atoms in total. The van der Waals surface area contributed by atoms with Crippen molar-refractivity contribution < 1.29 is 0 Å². The number of nitrogens with zero attached hydrogens (tertiary/aromatic N) is 2. The molecule has 0 atom stereocenters. The van der Waals surface area contributed by atoms with Gasteiger partial charge in [-0.3, -0.25) is 0 Å². The van der Waals surface area contributed by atoms with Crippen LogP contribution in [0.3, 0.4) is 0 Å². The Balaban J connectivity index is 1.15. The Labute approximate surface area is 297 Å². The van der Waals surface area contributed by atoms with Gasteiger partial charge in [-0.05, 0) is 93.8 Å². The summed E-state index contributed by atoms with van der Waals surface area (Å²) in [5, 5.41) is 3.03. The van der Waals surface area contributed by atoms with Gasteiger partial charge in [-0.1, -0.05) is 142 Å². The highest BCUT2D eigenvalue weighted by molar-refractivity contribution is 7.04. The number of anilines is 6. The Bertz CT molecular complexity index is 2200. The van der Waals surface area contributed by atoms with E-state index in [1.54, 1.807) is 0 Å². The van der Waals surface area contributed by atoms with E-state index in [0.717, 1.165) is 28.4 Å². The van der Waals surface area contributed by atoms with Gasteiger partial charge in [-0.25, -0.2) is 0 Å². The lowest BCUT2D eigenvalue weighted by Crippen LogP contribution is -2.49. The minimum atomic E-state index is -1.81. The van der Waals surface area contributed by atoms with Crippen LogP contribution in [0.25, 0.3) is 11.1 Å². The molecule has 3 heteroatoms. The van der Waals surface area contributed by atoms with Crippen molar-refractivity contribution in [3.05, 3.63) is 193 Å². The van der Waals surface area contributed by atoms with Crippen molar-refractivity contribution in [2.45, 2.75) is 32.4 Å². The zero-order valence-electron chi connectivity index (χ0n) is 29.2. The molecule has 244 valence electrons. The van der Waals surface area contributed by atoms with E-state index >= 15 is 0 Å². The third-order valence-corrected chi connectivity index (χ3v) is 14.1. The summed E-state index contributed by atoms with van der Waals surface area (Å²) in [5.41, 5.74) is 12.1. The molecular formula is C47H42N2Si. The van der Waals surface area contributed by atoms with Crippen LogP contribution in [0.2, 0.25) is 13.1 Å². The fraction of sp³-hybridized carbons (Fsp3) is 0.106. The monoisotopic (exact) mass is 662 g/mol. The average Bonchev–Trinajstić information content (AvgIpc) is 3.40. The number of rotatable bonds is 8. The third kappa shape index (κ3) is 5.44. The zero-order valence-corrected chi connectivity index (χ0v) is 30.2. The molecule has 0 fully saturated rings. The Morgan fingerprint density at radius 2 is 0.780 bits per heavy atom. The van der Waals surface area contributed by atoms with E-state index < -0.39 is 8.07 Å². The number of hydrogen-bond acceptors (Lipinski definition) is 2. The van der Waals surface area contributed by atoms with Gasteiger partial charge in [0.2, 0.25) is 0 Å². The molecule has 1 aliphatic heterocycles. The first kappa shape index (κ1) is 31.6. The minimum Gasteiger partial charge on any atom is -0.311 e. The normalized spacial score (nSPS) is 13.0. The van der Waals surface area contributed by atoms with Gasteiger partial charge < -0.3 is 9.80 Å². The lowest BCUT2D eigenvalue weighted by Gasteiger charge is -2.31. The number of para-hydroxylation sites is 3. The summed E-state index contributed by atoms with van der Waals surface area (Å²) in [5.74, 6) is 0. The number of hydrogen-bond donors (Lipinski definition) is 0. The predicted molar refractivity (Wildman–Crippen MR) is 217 cm³/mol. The van der Waals surface area contributed by atoms with Crippen molar-refractivity contribution in [1.29, 1.82) is 0 Å². The van der Waals surface area contributed by atoms with Crippen LogP contribution >= 0.6 is 0 Å². The lowest BCUT2D eigenvalue weighted by atomic mass is 9.78. The second-order valence-electron chi connectivity index (χ2n) is 14.3. The molecule has 8 rings (SSSR count). The molecule has 7 aromatic carbocycles. The predicted octanol–water partition coefficient (Wildman–Crippen LogP) is 11.8. The van der Waals surface area contributed by atoms with Crippen LogP contribution < -0.4 is 20.2 Å². The molecule has 0 bridgehead atoms. The van der Waals surface area contributed by atoms with Crippen LogP contribution in [0.1, 0.15) is 25.0 Å². The SMILES string of the molecule is CC(C)(c1ccc(N(c2ccccc2)c2ccccc2)cc1)c1ccc(N(c2ccccc2)c2cccc3c2-c2ccccc2[Si]3(C)C)cc1. The molecule has 0 aromatic heterocycles. The van der Waals surface area contributed by atoms with E-state index in [9.17, 15) is 0 Å². The molecule has 1 aliphatic rings. The van der Waals surface area contributed by atoms with Crippen molar-refractivity contribution >= 4 is 52.6 Å². The molecule has 0 N–H and O–H groups in total. The maximum absolute atomic E-state index is 2.48. The average molecular weight is 663 g/mol. The summed E-state index contributed by atoms with van der Waals surface area (Å²) in [6, 6.07) is 66.2. The highest BCUT2D eigenvalue weighted by Gasteiger charge is 2.39. The molecule has 0 saturated heterocycles. The minimum absolute atomic E-state index is 0.193. The molecule has 50 heavy (non-hydrogen) atoms. The second-order valence-corrected chi connectivity index (χ2v) is 18.6. The molecule has 0 amide bonds. The first-order valence-electron chi connectivity index (χ1n) is 17.5. The first-order valence-corrected chi connectivity index (χ1v) is 20.5. The highest BCUT2D eigenvalue weighted by Crippen LogP contribution is 2.44. The Morgan fingerprint density at radius 1 is 0.380 bits per heavy atom. The van der Waals surface area contributed by atoms with E-state index in [1.807, 2.05) is 0 Å². The van der Waals surface area contributed by atoms with E-state index in [1.165, 1.54) is 38.3 Å². The molecule has 0 saturated carbocycles. The van der Waals surface area contributed by atoms with E-state index in [2.05, 4.69) is 219 Å². The van der Waals surface area contributed by atoms with E-state index in [0.29, 0.717) is 0 Å². The molecule has 0 aliphatic carbocycles. The largest absolute Gasteiger partial charge is 0.311 e. The fourth-order valence-corrected chi connectivity index (χ4v) is 10.8. The summed E-state index contributed by atoms with van der Waals surface area (Å²) in [6.45, 7) is 9.62. The standard InChI is InChI=1S/C47H42N2Si/c1-47(2,35-27-31-40(32-28-35)48(37-17-8-5-9-18-37)38-19-10-6-11-20-38)36-29-33-41(34-30-36)49(39-21-12-7-13-22-39)43-24-16-26-45-46(43)42-23-14-15-25-44(42)50(45,3)4/h5-34H,1-4H3. The smallest absolute Gasteiger partial charge is 0.113 e. The van der Waals surface area contributed by atoms with Crippen LogP contribution in [-0.2, 0) is 5.41 Å². The summed E-state index contributed by atoms with van der Waals surface area (Å²) >= 11 is 0. The van der Waals surface area contributed by atoms with Gasteiger partial charge in [0.05, 0.1) is 5.69 Å². The van der Waals surface area contributed by atoms with Crippen LogP contribution in [-0.4, -0.2) is 8.07 Å². The summed E-state index contributed by atoms with van der Waals surface area (Å²) in [7, 11) is -1.81. The topological polar surface area (TPSA) is 6.48 Å². The van der Waals surface area contributed by atoms with Crippen LogP contribution in [0.5, 0.6) is 0 Å². The lowest BCUT2D eigenvalue weighted by molar-refractivity contribution is 0.641.